The van der Waals surface area contributed by atoms with Crippen LogP contribution in [0.5, 0.6) is 0 Å². The molecule has 0 aliphatic carbocycles. The number of carbonyl (C=O) groups is 1. The van der Waals surface area contributed by atoms with Crippen molar-refractivity contribution >= 4 is 35.1 Å². The Morgan fingerprint density at radius 1 is 0.970 bits per heavy atom. The molecule has 0 radical (unpaired) electrons. The number of alkyl halides is 3. The summed E-state index contributed by atoms with van der Waals surface area (Å²) in [6.07, 6.45) is 3.60. The molecule has 2 aromatic rings. The minimum Gasteiger partial charge on any atom is -0.352 e. The van der Waals surface area contributed by atoms with Crippen molar-refractivity contribution in [2.45, 2.75) is 42.6 Å². The average Bonchev–Trinajstić information content (AvgIpc) is 2.80. The lowest BCUT2D eigenvalue weighted by molar-refractivity contribution is -0.0328. The van der Waals surface area contributed by atoms with Gasteiger partial charge in [0.15, 0.2) is 11.6 Å². The van der Waals surface area contributed by atoms with E-state index in [2.05, 4.69) is 32.2 Å². The minimum atomic E-state index is -4.33. The van der Waals surface area contributed by atoms with Gasteiger partial charge in [0.25, 0.3) is 0 Å². The van der Waals surface area contributed by atoms with Gasteiger partial charge in [-0.25, -0.2) is 4.79 Å². The Hall–Kier alpha value is -2.69. The number of aromatic nitrogens is 2. The van der Waals surface area contributed by atoms with E-state index in [1.807, 2.05) is 12.1 Å². The number of nitrogens with zero attached hydrogens (tertiary/aromatic N) is 5. The predicted molar refractivity (Wildman–Crippen MR) is 124 cm³/mol. The molecule has 7 nitrogen and oxygen atoms in total. The zero-order valence-corrected chi connectivity index (χ0v) is 19.2. The highest BCUT2D eigenvalue weighted by Gasteiger charge is 2.29. The first-order chi connectivity index (χ1) is 15.8. The second-order valence-electron chi connectivity index (χ2n) is 8.26. The third-order valence-electron chi connectivity index (χ3n) is 5.96. The Bertz CT molecular complexity index is 933. The lowest BCUT2D eigenvalue weighted by atomic mass is 10.0. The fourth-order valence-electron chi connectivity index (χ4n) is 4.16. The summed E-state index contributed by atoms with van der Waals surface area (Å²) >= 11 is -0.179. The number of nitrogens with one attached hydrogen (secondary N) is 1. The Morgan fingerprint density at radius 2 is 1.64 bits per heavy atom. The van der Waals surface area contributed by atoms with Gasteiger partial charge in [-0.3, -0.25) is 0 Å². The van der Waals surface area contributed by atoms with Gasteiger partial charge >= 0.3 is 11.5 Å². The van der Waals surface area contributed by atoms with Gasteiger partial charge < -0.3 is 20.0 Å². The molecular weight excluding hydrogens is 453 g/mol. The topological polar surface area (TPSA) is 64.6 Å². The maximum Gasteiger partial charge on any atom is 0.446 e. The molecule has 1 N–H and O–H groups in total. The zero-order chi connectivity index (χ0) is 23.4. The third kappa shape index (κ3) is 6.21. The third-order valence-corrected chi connectivity index (χ3v) is 6.70. The summed E-state index contributed by atoms with van der Waals surface area (Å²) in [5.41, 5.74) is -3.87. The van der Waals surface area contributed by atoms with E-state index >= 15 is 0 Å². The van der Waals surface area contributed by atoms with Gasteiger partial charge in [0.1, 0.15) is 0 Å². The first-order valence-electron chi connectivity index (χ1n) is 11.1. The standard InChI is InChI=1S/C22H27F3N6OS/c1-16-4-2-3-11-31(16)20-10-9-19(27-28-20)29-12-14-30(15-13-29)21(32)26-17-5-7-18(8-6-17)33-22(23,24)25/h5-10,16H,2-4,11-15H2,1H3,(H,26,32). The summed E-state index contributed by atoms with van der Waals surface area (Å²) in [5, 5.41) is 11.6. The molecular formula is C22H27F3N6OS. The number of benzene rings is 1. The highest BCUT2D eigenvalue weighted by atomic mass is 32.2. The molecule has 0 saturated carbocycles. The lowest BCUT2D eigenvalue weighted by Crippen LogP contribution is -2.50. The Labute approximate surface area is 195 Å². The van der Waals surface area contributed by atoms with Crippen LogP contribution >= 0.6 is 11.8 Å². The Morgan fingerprint density at radius 3 is 2.24 bits per heavy atom. The van der Waals surface area contributed by atoms with Crippen LogP contribution in [0.15, 0.2) is 41.3 Å². The maximum atomic E-state index is 12.6. The van der Waals surface area contributed by atoms with Crippen LogP contribution in [0.2, 0.25) is 0 Å². The monoisotopic (exact) mass is 480 g/mol. The summed E-state index contributed by atoms with van der Waals surface area (Å²) in [4.78, 5) is 18.7. The molecule has 0 spiro atoms. The number of hydrogen-bond acceptors (Lipinski definition) is 6. The van der Waals surface area contributed by atoms with E-state index in [0.717, 1.165) is 18.2 Å². The van der Waals surface area contributed by atoms with Crippen molar-refractivity contribution in [3.8, 4) is 0 Å². The molecule has 1 unspecified atom stereocenters. The van der Waals surface area contributed by atoms with Crippen LogP contribution in [0.25, 0.3) is 0 Å². The van der Waals surface area contributed by atoms with Crippen LogP contribution in [0.1, 0.15) is 26.2 Å². The summed E-state index contributed by atoms with van der Waals surface area (Å²) in [7, 11) is 0. The van der Waals surface area contributed by atoms with Crippen LogP contribution in [0, 0.1) is 0 Å². The number of hydrogen-bond donors (Lipinski definition) is 1. The second-order valence-corrected chi connectivity index (χ2v) is 9.40. The number of thioether (sulfide) groups is 1. The smallest absolute Gasteiger partial charge is 0.352 e. The molecule has 2 amide bonds. The number of carbonyl (C=O) groups excluding carboxylic acids is 1. The van der Waals surface area contributed by atoms with Gasteiger partial charge in [0.2, 0.25) is 0 Å². The number of anilines is 3. The zero-order valence-electron chi connectivity index (χ0n) is 18.4. The molecule has 2 aliphatic rings. The van der Waals surface area contributed by atoms with E-state index in [4.69, 9.17) is 0 Å². The number of urea groups is 1. The molecule has 11 heteroatoms. The highest BCUT2D eigenvalue weighted by Crippen LogP contribution is 2.37. The lowest BCUT2D eigenvalue weighted by Gasteiger charge is -2.36. The summed E-state index contributed by atoms with van der Waals surface area (Å²) in [6.45, 7) is 5.51. The number of rotatable bonds is 4. The minimum absolute atomic E-state index is 0.0796. The van der Waals surface area contributed by atoms with Crippen molar-refractivity contribution in [2.75, 3.05) is 47.8 Å². The molecule has 1 atom stereocenters. The van der Waals surface area contributed by atoms with Gasteiger partial charge in [-0.15, -0.1) is 10.2 Å². The molecule has 33 heavy (non-hydrogen) atoms. The summed E-state index contributed by atoms with van der Waals surface area (Å²) in [6, 6.07) is 9.85. The molecule has 3 heterocycles. The van der Waals surface area contributed by atoms with Crippen LogP contribution in [0.3, 0.4) is 0 Å². The average molecular weight is 481 g/mol. The molecule has 4 rings (SSSR count). The van der Waals surface area contributed by atoms with Crippen molar-refractivity contribution in [2.24, 2.45) is 0 Å². The summed E-state index contributed by atoms with van der Waals surface area (Å²) in [5.74, 6) is 1.70. The van der Waals surface area contributed by atoms with Crippen molar-refractivity contribution in [1.29, 1.82) is 0 Å². The molecule has 0 bridgehead atoms. The predicted octanol–water partition coefficient (Wildman–Crippen LogP) is 4.82. The van der Waals surface area contributed by atoms with Gasteiger partial charge in [-0.2, -0.15) is 13.2 Å². The number of halogens is 3. The fraction of sp³-hybridized carbons (Fsp3) is 0.500. The Kier molecular flexibility index (Phi) is 7.16. The number of piperidine rings is 1. The van der Waals surface area contributed by atoms with Crippen LogP contribution in [0.4, 0.5) is 35.3 Å². The number of piperazine rings is 1. The van der Waals surface area contributed by atoms with E-state index in [-0.39, 0.29) is 22.7 Å². The molecule has 2 aliphatic heterocycles. The quantitative estimate of drug-likeness (QED) is 0.633. The van der Waals surface area contributed by atoms with Crippen LogP contribution in [-0.2, 0) is 0 Å². The van der Waals surface area contributed by atoms with E-state index < -0.39 is 5.51 Å². The van der Waals surface area contributed by atoms with Gasteiger partial charge in [-0.05, 0) is 74.3 Å². The largest absolute Gasteiger partial charge is 0.446 e. The Balaban J connectivity index is 1.27. The van der Waals surface area contributed by atoms with Crippen LogP contribution in [-0.4, -0.2) is 65.4 Å². The van der Waals surface area contributed by atoms with Crippen molar-refractivity contribution in [3.63, 3.8) is 0 Å². The maximum absolute atomic E-state index is 12.6. The first kappa shape index (κ1) is 23.5. The second kappa shape index (κ2) is 10.1. The van der Waals surface area contributed by atoms with Gasteiger partial charge in [-0.1, -0.05) is 0 Å². The molecule has 1 aromatic heterocycles. The molecule has 1 aromatic carbocycles. The highest BCUT2D eigenvalue weighted by molar-refractivity contribution is 8.00. The normalized spacial score (nSPS) is 19.5. The van der Waals surface area contributed by atoms with Crippen molar-refractivity contribution in [1.82, 2.24) is 15.1 Å². The SMILES string of the molecule is CC1CCCCN1c1ccc(N2CCN(C(=O)Nc3ccc(SC(F)(F)F)cc3)CC2)nn1. The van der Waals surface area contributed by atoms with Crippen molar-refractivity contribution in [3.05, 3.63) is 36.4 Å². The molecule has 2 fully saturated rings. The van der Waals surface area contributed by atoms with Gasteiger partial charge in [0, 0.05) is 49.3 Å². The molecule has 2 saturated heterocycles. The fourth-order valence-corrected chi connectivity index (χ4v) is 4.70. The van der Waals surface area contributed by atoms with E-state index in [1.165, 1.54) is 43.5 Å². The van der Waals surface area contributed by atoms with Gasteiger partial charge in [0.05, 0.1) is 0 Å². The number of amides is 2. The van der Waals surface area contributed by atoms with Crippen molar-refractivity contribution < 1.29 is 18.0 Å². The first-order valence-corrected chi connectivity index (χ1v) is 11.9. The van der Waals surface area contributed by atoms with E-state index in [1.54, 1.807) is 4.90 Å². The summed E-state index contributed by atoms with van der Waals surface area (Å²) < 4.78 is 37.3. The van der Waals surface area contributed by atoms with E-state index in [9.17, 15) is 18.0 Å². The molecule has 178 valence electrons. The van der Waals surface area contributed by atoms with Crippen LogP contribution < -0.4 is 15.1 Å². The van der Waals surface area contributed by atoms with E-state index in [0.29, 0.717) is 37.9 Å².